The third-order valence-electron chi connectivity index (χ3n) is 2.96. The van der Waals surface area contributed by atoms with Crippen LogP contribution in [0.1, 0.15) is 31.7 Å². The molecule has 0 saturated carbocycles. The molecule has 0 heterocycles. The van der Waals surface area contributed by atoms with Gasteiger partial charge < -0.3 is 10.5 Å². The standard InChI is InChI=1S/C14H23NO/c1-3-7-14(16-2)13(15)11-10-12-8-5-4-6-9-12/h4-6,8-9,13-14H,3,7,10-11,15H2,1-2H3. The lowest BCUT2D eigenvalue weighted by Gasteiger charge is -2.22. The number of rotatable bonds is 7. The minimum absolute atomic E-state index is 0.144. The van der Waals surface area contributed by atoms with Crippen molar-refractivity contribution in [1.29, 1.82) is 0 Å². The molecular weight excluding hydrogens is 198 g/mol. The van der Waals surface area contributed by atoms with Gasteiger partial charge in [0.25, 0.3) is 0 Å². The third kappa shape index (κ3) is 4.33. The monoisotopic (exact) mass is 221 g/mol. The van der Waals surface area contributed by atoms with Gasteiger partial charge in [-0.15, -0.1) is 0 Å². The van der Waals surface area contributed by atoms with Crippen LogP contribution >= 0.6 is 0 Å². The van der Waals surface area contributed by atoms with E-state index in [1.807, 2.05) is 6.07 Å². The zero-order valence-electron chi connectivity index (χ0n) is 10.4. The van der Waals surface area contributed by atoms with Crippen molar-refractivity contribution in [1.82, 2.24) is 0 Å². The highest BCUT2D eigenvalue weighted by atomic mass is 16.5. The van der Waals surface area contributed by atoms with Crippen molar-refractivity contribution in [2.24, 2.45) is 5.73 Å². The first kappa shape index (κ1) is 13.2. The minimum atomic E-state index is 0.144. The lowest BCUT2D eigenvalue weighted by atomic mass is 9.99. The number of aryl methyl sites for hydroxylation is 1. The molecule has 2 N–H and O–H groups in total. The topological polar surface area (TPSA) is 35.2 Å². The molecule has 16 heavy (non-hydrogen) atoms. The minimum Gasteiger partial charge on any atom is -0.380 e. The Kier molecular flexibility index (Phi) is 6.12. The molecular formula is C14H23NO. The molecule has 90 valence electrons. The summed E-state index contributed by atoms with van der Waals surface area (Å²) in [6.07, 6.45) is 4.40. The SMILES string of the molecule is CCCC(OC)C(N)CCc1ccccc1. The number of ether oxygens (including phenoxy) is 1. The van der Waals surface area contributed by atoms with Crippen molar-refractivity contribution < 1.29 is 4.74 Å². The number of hydrogen-bond acceptors (Lipinski definition) is 2. The molecule has 0 amide bonds. The summed E-state index contributed by atoms with van der Waals surface area (Å²) >= 11 is 0. The quantitative estimate of drug-likeness (QED) is 0.768. The molecule has 0 aliphatic heterocycles. The maximum atomic E-state index is 6.14. The number of nitrogens with two attached hydrogens (primary N) is 1. The fourth-order valence-electron chi connectivity index (χ4n) is 1.96. The fraction of sp³-hybridized carbons (Fsp3) is 0.571. The van der Waals surface area contributed by atoms with E-state index in [4.69, 9.17) is 10.5 Å². The average Bonchev–Trinajstić information content (AvgIpc) is 2.34. The Hall–Kier alpha value is -0.860. The Balaban J connectivity index is 2.36. The summed E-state index contributed by atoms with van der Waals surface area (Å²) in [4.78, 5) is 0. The van der Waals surface area contributed by atoms with Crippen LogP contribution in [0.5, 0.6) is 0 Å². The number of benzene rings is 1. The van der Waals surface area contributed by atoms with E-state index < -0.39 is 0 Å². The largest absolute Gasteiger partial charge is 0.380 e. The first-order valence-corrected chi connectivity index (χ1v) is 6.10. The van der Waals surface area contributed by atoms with Gasteiger partial charge in [0.2, 0.25) is 0 Å². The van der Waals surface area contributed by atoms with E-state index in [0.29, 0.717) is 0 Å². The molecule has 0 aliphatic rings. The molecule has 0 radical (unpaired) electrons. The summed E-state index contributed by atoms with van der Waals surface area (Å²) in [5, 5.41) is 0. The second-order valence-electron chi connectivity index (χ2n) is 4.25. The van der Waals surface area contributed by atoms with Gasteiger partial charge in [-0.05, 0) is 24.8 Å². The highest BCUT2D eigenvalue weighted by Crippen LogP contribution is 2.11. The van der Waals surface area contributed by atoms with Crippen LogP contribution in [0.15, 0.2) is 30.3 Å². The molecule has 0 spiro atoms. The normalized spacial score (nSPS) is 14.7. The first-order chi connectivity index (χ1) is 7.77. The zero-order chi connectivity index (χ0) is 11.8. The molecule has 0 aliphatic carbocycles. The summed E-state index contributed by atoms with van der Waals surface area (Å²) in [5.41, 5.74) is 7.49. The van der Waals surface area contributed by atoms with Crippen LogP contribution in [0.2, 0.25) is 0 Å². The summed E-state index contributed by atoms with van der Waals surface area (Å²) in [7, 11) is 1.75. The van der Waals surface area contributed by atoms with Crippen molar-refractivity contribution in [2.45, 2.75) is 44.8 Å². The average molecular weight is 221 g/mol. The van der Waals surface area contributed by atoms with Gasteiger partial charge in [0.05, 0.1) is 6.10 Å². The Labute approximate surface area is 98.8 Å². The molecule has 2 atom stereocenters. The third-order valence-corrected chi connectivity index (χ3v) is 2.96. The van der Waals surface area contributed by atoms with Crippen LogP contribution in [-0.2, 0) is 11.2 Å². The van der Waals surface area contributed by atoms with Gasteiger partial charge in [0, 0.05) is 13.2 Å². The van der Waals surface area contributed by atoms with Gasteiger partial charge >= 0.3 is 0 Å². The summed E-state index contributed by atoms with van der Waals surface area (Å²) < 4.78 is 5.42. The maximum absolute atomic E-state index is 6.14. The maximum Gasteiger partial charge on any atom is 0.0722 e. The lowest BCUT2D eigenvalue weighted by Crippen LogP contribution is -2.36. The summed E-state index contributed by atoms with van der Waals surface area (Å²) in [5.74, 6) is 0. The van der Waals surface area contributed by atoms with Crippen molar-refractivity contribution in [3.63, 3.8) is 0 Å². The van der Waals surface area contributed by atoms with Gasteiger partial charge in [-0.2, -0.15) is 0 Å². The lowest BCUT2D eigenvalue weighted by molar-refractivity contribution is 0.0703. The Morgan fingerprint density at radius 3 is 2.44 bits per heavy atom. The number of methoxy groups -OCH3 is 1. The van der Waals surface area contributed by atoms with E-state index in [2.05, 4.69) is 31.2 Å². The van der Waals surface area contributed by atoms with E-state index in [1.54, 1.807) is 7.11 Å². The molecule has 0 saturated heterocycles. The zero-order valence-corrected chi connectivity index (χ0v) is 10.4. The molecule has 1 aromatic carbocycles. The fourth-order valence-corrected chi connectivity index (χ4v) is 1.96. The summed E-state index contributed by atoms with van der Waals surface area (Å²) in [6.45, 7) is 2.16. The summed E-state index contributed by atoms with van der Waals surface area (Å²) in [6, 6.07) is 10.6. The van der Waals surface area contributed by atoms with Gasteiger partial charge in [-0.1, -0.05) is 43.7 Å². The van der Waals surface area contributed by atoms with Gasteiger partial charge in [-0.25, -0.2) is 0 Å². The predicted octanol–water partition coefficient (Wildman–Crippen LogP) is 2.76. The van der Waals surface area contributed by atoms with Crippen LogP contribution in [0.4, 0.5) is 0 Å². The van der Waals surface area contributed by atoms with Crippen LogP contribution in [0.3, 0.4) is 0 Å². The van der Waals surface area contributed by atoms with Crippen molar-refractivity contribution in [3.05, 3.63) is 35.9 Å². The molecule has 0 aromatic heterocycles. The van der Waals surface area contributed by atoms with Crippen LogP contribution in [0, 0.1) is 0 Å². The highest BCUT2D eigenvalue weighted by molar-refractivity contribution is 5.14. The molecule has 1 aromatic rings. The Morgan fingerprint density at radius 2 is 1.88 bits per heavy atom. The van der Waals surface area contributed by atoms with Crippen LogP contribution in [-0.4, -0.2) is 19.3 Å². The number of hydrogen-bond donors (Lipinski definition) is 1. The van der Waals surface area contributed by atoms with E-state index in [9.17, 15) is 0 Å². The molecule has 2 heteroatoms. The molecule has 1 rings (SSSR count). The molecule has 2 unspecified atom stereocenters. The van der Waals surface area contributed by atoms with E-state index >= 15 is 0 Å². The van der Waals surface area contributed by atoms with Crippen molar-refractivity contribution in [3.8, 4) is 0 Å². The second kappa shape index (κ2) is 7.42. The molecule has 0 fully saturated rings. The van der Waals surface area contributed by atoms with Gasteiger partial charge in [-0.3, -0.25) is 0 Å². The van der Waals surface area contributed by atoms with Crippen molar-refractivity contribution in [2.75, 3.05) is 7.11 Å². The predicted molar refractivity (Wildman–Crippen MR) is 68.4 cm³/mol. The van der Waals surface area contributed by atoms with E-state index in [-0.39, 0.29) is 12.1 Å². The smallest absolute Gasteiger partial charge is 0.0722 e. The van der Waals surface area contributed by atoms with Crippen LogP contribution in [0.25, 0.3) is 0 Å². The Morgan fingerprint density at radius 1 is 1.19 bits per heavy atom. The second-order valence-corrected chi connectivity index (χ2v) is 4.25. The van der Waals surface area contributed by atoms with Crippen molar-refractivity contribution >= 4 is 0 Å². The van der Waals surface area contributed by atoms with Gasteiger partial charge in [0.1, 0.15) is 0 Å². The molecule has 2 nitrogen and oxygen atoms in total. The van der Waals surface area contributed by atoms with E-state index in [1.165, 1.54) is 5.56 Å². The van der Waals surface area contributed by atoms with E-state index in [0.717, 1.165) is 25.7 Å². The van der Waals surface area contributed by atoms with Crippen LogP contribution < -0.4 is 5.73 Å². The Bertz CT molecular complexity index is 273. The highest BCUT2D eigenvalue weighted by Gasteiger charge is 2.15. The first-order valence-electron chi connectivity index (χ1n) is 6.10. The molecule has 0 bridgehead atoms. The van der Waals surface area contributed by atoms with Gasteiger partial charge in [0.15, 0.2) is 0 Å².